The minimum Gasteiger partial charge on any atom is -0.395 e. The van der Waals surface area contributed by atoms with Crippen LogP contribution < -0.4 is 5.32 Å². The predicted octanol–water partition coefficient (Wildman–Crippen LogP) is -0.644. The van der Waals surface area contributed by atoms with Crippen LogP contribution in [0, 0.1) is 0 Å². The highest BCUT2D eigenvalue weighted by Crippen LogP contribution is 1.98. The fraction of sp³-hybridized carbons (Fsp3) is 1.00. The zero-order valence-corrected chi connectivity index (χ0v) is 5.63. The second-order valence-electron chi connectivity index (χ2n) is 2.43. The van der Waals surface area contributed by atoms with Gasteiger partial charge in [-0.15, -0.1) is 0 Å². The zero-order valence-electron chi connectivity index (χ0n) is 5.63. The molecular formula is C6H13NO2. The number of hydrogen-bond donors (Lipinski definition) is 2. The van der Waals surface area contributed by atoms with E-state index in [1.54, 1.807) is 0 Å². The number of aliphatic hydroxyl groups excluding tert-OH is 1. The van der Waals surface area contributed by atoms with Crippen molar-refractivity contribution in [3.8, 4) is 0 Å². The highest BCUT2D eigenvalue weighted by atomic mass is 16.5. The second kappa shape index (κ2) is 3.15. The summed E-state index contributed by atoms with van der Waals surface area (Å²) in [7, 11) is 0. The lowest BCUT2D eigenvalue weighted by Crippen LogP contribution is -2.47. The molecule has 2 unspecified atom stereocenters. The lowest BCUT2D eigenvalue weighted by molar-refractivity contribution is 0.00184. The predicted molar refractivity (Wildman–Crippen MR) is 34.3 cm³/mol. The van der Waals surface area contributed by atoms with E-state index in [-0.39, 0.29) is 12.6 Å². The smallest absolute Gasteiger partial charge is 0.0672 e. The molecule has 0 bridgehead atoms. The third-order valence-corrected chi connectivity index (χ3v) is 1.50. The first-order valence-corrected chi connectivity index (χ1v) is 3.28. The third-order valence-electron chi connectivity index (χ3n) is 1.50. The van der Waals surface area contributed by atoms with E-state index >= 15 is 0 Å². The summed E-state index contributed by atoms with van der Waals surface area (Å²) in [5.74, 6) is 0. The monoisotopic (exact) mass is 131 g/mol. The number of nitrogens with one attached hydrogen (secondary N) is 1. The van der Waals surface area contributed by atoms with Crippen LogP contribution in [0.15, 0.2) is 0 Å². The molecule has 1 heterocycles. The molecule has 0 aromatic rings. The van der Waals surface area contributed by atoms with Gasteiger partial charge in [-0.3, -0.25) is 0 Å². The van der Waals surface area contributed by atoms with E-state index in [4.69, 9.17) is 9.84 Å². The summed E-state index contributed by atoms with van der Waals surface area (Å²) >= 11 is 0. The molecule has 0 saturated carbocycles. The summed E-state index contributed by atoms with van der Waals surface area (Å²) in [4.78, 5) is 0. The van der Waals surface area contributed by atoms with E-state index in [2.05, 4.69) is 5.32 Å². The summed E-state index contributed by atoms with van der Waals surface area (Å²) in [6.07, 6.45) is 0.299. The van der Waals surface area contributed by atoms with E-state index in [1.165, 1.54) is 0 Å². The van der Waals surface area contributed by atoms with Gasteiger partial charge in [-0.05, 0) is 6.92 Å². The van der Waals surface area contributed by atoms with Gasteiger partial charge in [0.2, 0.25) is 0 Å². The molecule has 0 amide bonds. The van der Waals surface area contributed by atoms with Crippen LogP contribution in [-0.2, 0) is 4.74 Å². The van der Waals surface area contributed by atoms with Gasteiger partial charge in [0.15, 0.2) is 0 Å². The Hall–Kier alpha value is -0.120. The Morgan fingerprint density at radius 3 is 3.00 bits per heavy atom. The van der Waals surface area contributed by atoms with Crippen molar-refractivity contribution in [1.82, 2.24) is 5.32 Å². The van der Waals surface area contributed by atoms with Crippen molar-refractivity contribution in [2.45, 2.75) is 19.1 Å². The SMILES string of the molecule is CC1CNC(CO)CO1. The minimum atomic E-state index is 0.154. The molecule has 3 nitrogen and oxygen atoms in total. The maximum Gasteiger partial charge on any atom is 0.0672 e. The fourth-order valence-electron chi connectivity index (χ4n) is 0.848. The van der Waals surface area contributed by atoms with Crippen LogP contribution in [0.4, 0.5) is 0 Å². The van der Waals surface area contributed by atoms with Crippen molar-refractivity contribution < 1.29 is 9.84 Å². The van der Waals surface area contributed by atoms with E-state index in [9.17, 15) is 0 Å². The van der Waals surface area contributed by atoms with Crippen molar-refractivity contribution in [1.29, 1.82) is 0 Å². The molecule has 0 radical (unpaired) electrons. The average Bonchev–Trinajstić information content (AvgIpc) is 1.90. The first-order valence-electron chi connectivity index (χ1n) is 3.28. The molecule has 54 valence electrons. The van der Waals surface area contributed by atoms with Crippen LogP contribution in [-0.4, -0.2) is 37.0 Å². The second-order valence-corrected chi connectivity index (χ2v) is 2.43. The van der Waals surface area contributed by atoms with Gasteiger partial charge in [0.25, 0.3) is 0 Å². The molecule has 3 heteroatoms. The molecular weight excluding hydrogens is 118 g/mol. The lowest BCUT2D eigenvalue weighted by Gasteiger charge is -2.26. The number of rotatable bonds is 1. The molecule has 9 heavy (non-hydrogen) atoms. The molecule has 1 fully saturated rings. The Morgan fingerprint density at radius 2 is 2.56 bits per heavy atom. The van der Waals surface area contributed by atoms with Gasteiger partial charge in [-0.25, -0.2) is 0 Å². The Bertz CT molecular complexity index is 79.1. The standard InChI is InChI=1S/C6H13NO2/c1-5-2-7-6(3-8)4-9-5/h5-8H,2-4H2,1H3. The van der Waals surface area contributed by atoms with E-state index in [1.807, 2.05) is 6.92 Å². The first-order chi connectivity index (χ1) is 4.33. The van der Waals surface area contributed by atoms with Crippen LogP contribution in [0.5, 0.6) is 0 Å². The summed E-state index contributed by atoms with van der Waals surface area (Å²) in [6.45, 7) is 3.68. The summed E-state index contributed by atoms with van der Waals surface area (Å²) in [5, 5.41) is 11.8. The molecule has 1 rings (SSSR count). The minimum absolute atomic E-state index is 0.154. The van der Waals surface area contributed by atoms with Gasteiger partial charge in [0.1, 0.15) is 0 Å². The molecule has 0 aromatic heterocycles. The number of hydrogen-bond acceptors (Lipinski definition) is 3. The van der Waals surface area contributed by atoms with Crippen LogP contribution in [0.1, 0.15) is 6.92 Å². The topological polar surface area (TPSA) is 41.5 Å². The maximum atomic E-state index is 8.63. The van der Waals surface area contributed by atoms with Gasteiger partial charge >= 0.3 is 0 Å². The molecule has 1 saturated heterocycles. The highest BCUT2D eigenvalue weighted by molar-refractivity contribution is 4.72. The third kappa shape index (κ3) is 1.93. The van der Waals surface area contributed by atoms with Gasteiger partial charge < -0.3 is 15.2 Å². The van der Waals surface area contributed by atoms with Crippen molar-refractivity contribution in [2.75, 3.05) is 19.8 Å². The van der Waals surface area contributed by atoms with E-state index < -0.39 is 0 Å². The quantitative estimate of drug-likeness (QED) is 0.497. The van der Waals surface area contributed by atoms with E-state index in [0.717, 1.165) is 6.54 Å². The largest absolute Gasteiger partial charge is 0.395 e. The maximum absolute atomic E-state index is 8.63. The Morgan fingerprint density at radius 1 is 1.78 bits per heavy atom. The molecule has 0 aliphatic carbocycles. The zero-order chi connectivity index (χ0) is 6.69. The fourth-order valence-corrected chi connectivity index (χ4v) is 0.848. The van der Waals surface area contributed by atoms with Crippen LogP contribution >= 0.6 is 0 Å². The van der Waals surface area contributed by atoms with Crippen molar-refractivity contribution >= 4 is 0 Å². The molecule has 1 aliphatic rings. The average molecular weight is 131 g/mol. The van der Waals surface area contributed by atoms with Crippen LogP contribution in [0.3, 0.4) is 0 Å². The number of ether oxygens (including phenoxy) is 1. The van der Waals surface area contributed by atoms with Gasteiger partial charge in [0, 0.05) is 6.54 Å². The van der Waals surface area contributed by atoms with Gasteiger partial charge in [0.05, 0.1) is 25.4 Å². The Labute approximate surface area is 55.0 Å². The Balaban J connectivity index is 2.18. The summed E-state index contributed by atoms with van der Waals surface area (Å²) in [6, 6.07) is 0.154. The highest BCUT2D eigenvalue weighted by Gasteiger charge is 2.15. The lowest BCUT2D eigenvalue weighted by atomic mass is 10.2. The number of aliphatic hydroxyl groups is 1. The summed E-state index contributed by atoms with van der Waals surface area (Å²) < 4.78 is 5.26. The van der Waals surface area contributed by atoms with Crippen molar-refractivity contribution in [3.63, 3.8) is 0 Å². The normalized spacial score (nSPS) is 36.7. The van der Waals surface area contributed by atoms with Crippen LogP contribution in [0.2, 0.25) is 0 Å². The molecule has 1 aliphatic heterocycles. The molecule has 0 spiro atoms. The molecule has 2 atom stereocenters. The van der Waals surface area contributed by atoms with Crippen molar-refractivity contribution in [2.24, 2.45) is 0 Å². The Kier molecular flexibility index (Phi) is 2.45. The first kappa shape index (κ1) is 6.99. The molecule has 0 aromatic carbocycles. The van der Waals surface area contributed by atoms with E-state index in [0.29, 0.717) is 12.7 Å². The number of morpholine rings is 1. The van der Waals surface area contributed by atoms with Gasteiger partial charge in [-0.1, -0.05) is 0 Å². The van der Waals surface area contributed by atoms with Gasteiger partial charge in [-0.2, -0.15) is 0 Å². The summed E-state index contributed by atoms with van der Waals surface area (Å²) in [5.41, 5.74) is 0. The van der Waals surface area contributed by atoms with Crippen LogP contribution in [0.25, 0.3) is 0 Å². The molecule has 2 N–H and O–H groups in total. The van der Waals surface area contributed by atoms with Crippen molar-refractivity contribution in [3.05, 3.63) is 0 Å².